The van der Waals surface area contributed by atoms with Crippen LogP contribution in [0.1, 0.15) is 15.9 Å². The molecule has 0 amide bonds. The van der Waals surface area contributed by atoms with E-state index in [9.17, 15) is 4.79 Å². The van der Waals surface area contributed by atoms with Crippen molar-refractivity contribution in [1.29, 1.82) is 5.26 Å². The van der Waals surface area contributed by atoms with E-state index in [1.807, 2.05) is 6.07 Å². The highest BCUT2D eigenvalue weighted by Crippen LogP contribution is 2.33. The van der Waals surface area contributed by atoms with Gasteiger partial charge in [0.2, 0.25) is 0 Å². The zero-order valence-electron chi connectivity index (χ0n) is 9.93. The molecule has 6 heteroatoms. The van der Waals surface area contributed by atoms with Gasteiger partial charge in [-0.25, -0.2) is 4.79 Å². The summed E-state index contributed by atoms with van der Waals surface area (Å²) in [4.78, 5) is 11.1. The Kier molecular flexibility index (Phi) is 4.14. The fourth-order valence-electron chi connectivity index (χ4n) is 1.53. The molecule has 0 unspecified atom stereocenters. The quantitative estimate of drug-likeness (QED) is 0.914. The fraction of sp³-hybridized carbons (Fsp3) is 0. The van der Waals surface area contributed by atoms with Crippen LogP contribution in [-0.2, 0) is 0 Å². The Labute approximate surface area is 124 Å². The van der Waals surface area contributed by atoms with Crippen molar-refractivity contribution in [2.24, 2.45) is 0 Å². The van der Waals surface area contributed by atoms with Crippen LogP contribution >= 0.6 is 23.2 Å². The lowest BCUT2D eigenvalue weighted by molar-refractivity contribution is 0.0694. The standard InChI is InChI=1S/C14H7Cl2NO3/c15-9-2-3-10(14(18)19)13(6-9)20-12-4-1-8(7-17)5-11(12)16/h1-6H,(H,18,19). The molecule has 0 aliphatic carbocycles. The summed E-state index contributed by atoms with van der Waals surface area (Å²) in [5, 5.41) is 18.4. The van der Waals surface area contributed by atoms with Crippen LogP contribution in [0, 0.1) is 11.3 Å². The third-order valence-electron chi connectivity index (χ3n) is 2.45. The van der Waals surface area contributed by atoms with Crippen molar-refractivity contribution in [3.63, 3.8) is 0 Å². The molecule has 0 spiro atoms. The van der Waals surface area contributed by atoms with Crippen molar-refractivity contribution in [3.8, 4) is 17.6 Å². The molecule has 20 heavy (non-hydrogen) atoms. The molecule has 0 heterocycles. The smallest absolute Gasteiger partial charge is 0.339 e. The molecule has 2 aromatic carbocycles. The molecule has 2 rings (SSSR count). The lowest BCUT2D eigenvalue weighted by Gasteiger charge is -2.10. The molecule has 0 bridgehead atoms. The largest absolute Gasteiger partial charge is 0.478 e. The first-order chi connectivity index (χ1) is 9.51. The molecule has 0 aromatic heterocycles. The number of rotatable bonds is 3. The van der Waals surface area contributed by atoms with Gasteiger partial charge >= 0.3 is 5.97 Å². The third kappa shape index (κ3) is 3.02. The summed E-state index contributed by atoms with van der Waals surface area (Å²) >= 11 is 11.8. The molecular weight excluding hydrogens is 301 g/mol. The Hall–Kier alpha value is -2.22. The van der Waals surface area contributed by atoms with Crippen LogP contribution in [0.25, 0.3) is 0 Å². The number of nitriles is 1. The summed E-state index contributed by atoms with van der Waals surface area (Å²) in [6, 6.07) is 10.6. The Balaban J connectivity index is 2.42. The second kappa shape index (κ2) is 5.83. The molecule has 2 aromatic rings. The van der Waals surface area contributed by atoms with Gasteiger partial charge in [-0.05, 0) is 30.3 Å². The van der Waals surface area contributed by atoms with Crippen LogP contribution in [0.3, 0.4) is 0 Å². The van der Waals surface area contributed by atoms with E-state index in [1.54, 1.807) is 0 Å². The monoisotopic (exact) mass is 307 g/mol. The molecule has 0 radical (unpaired) electrons. The van der Waals surface area contributed by atoms with Gasteiger partial charge in [0, 0.05) is 11.1 Å². The second-order valence-corrected chi connectivity index (χ2v) is 4.65. The number of hydrogen-bond acceptors (Lipinski definition) is 3. The number of hydrogen-bond donors (Lipinski definition) is 1. The lowest BCUT2D eigenvalue weighted by atomic mass is 10.2. The van der Waals surface area contributed by atoms with Gasteiger partial charge in [-0.15, -0.1) is 0 Å². The van der Waals surface area contributed by atoms with Gasteiger partial charge in [-0.3, -0.25) is 0 Å². The SMILES string of the molecule is N#Cc1ccc(Oc2cc(Cl)ccc2C(=O)O)c(Cl)c1. The third-order valence-corrected chi connectivity index (χ3v) is 2.99. The maximum atomic E-state index is 11.1. The zero-order chi connectivity index (χ0) is 14.7. The average Bonchev–Trinajstić information content (AvgIpc) is 2.40. The molecule has 0 saturated heterocycles. The number of halogens is 2. The summed E-state index contributed by atoms with van der Waals surface area (Å²) in [7, 11) is 0. The number of carbonyl (C=O) groups is 1. The van der Waals surface area contributed by atoms with Crippen LogP contribution in [-0.4, -0.2) is 11.1 Å². The first-order valence-electron chi connectivity index (χ1n) is 5.41. The minimum Gasteiger partial charge on any atom is -0.478 e. The van der Waals surface area contributed by atoms with Gasteiger partial charge < -0.3 is 9.84 Å². The summed E-state index contributed by atoms with van der Waals surface area (Å²) in [5.74, 6) is -0.812. The fourth-order valence-corrected chi connectivity index (χ4v) is 1.91. The van der Waals surface area contributed by atoms with E-state index in [0.29, 0.717) is 10.6 Å². The molecule has 100 valence electrons. The van der Waals surface area contributed by atoms with E-state index < -0.39 is 5.97 Å². The van der Waals surface area contributed by atoms with Crippen LogP contribution < -0.4 is 4.74 Å². The molecule has 0 fully saturated rings. The number of nitrogens with zero attached hydrogens (tertiary/aromatic N) is 1. The predicted octanol–water partition coefficient (Wildman–Crippen LogP) is 4.36. The van der Waals surface area contributed by atoms with Gasteiger partial charge in [-0.2, -0.15) is 5.26 Å². The molecule has 0 atom stereocenters. The van der Waals surface area contributed by atoms with E-state index in [4.69, 9.17) is 38.3 Å². The van der Waals surface area contributed by atoms with E-state index in [0.717, 1.165) is 0 Å². The van der Waals surface area contributed by atoms with Crippen molar-refractivity contribution in [2.45, 2.75) is 0 Å². The summed E-state index contributed by atoms with van der Waals surface area (Å²) in [5.41, 5.74) is 0.349. The summed E-state index contributed by atoms with van der Waals surface area (Å²) in [6.45, 7) is 0. The minimum atomic E-state index is -1.14. The van der Waals surface area contributed by atoms with Crippen molar-refractivity contribution in [3.05, 3.63) is 57.6 Å². The van der Waals surface area contributed by atoms with Gasteiger partial charge in [0.05, 0.1) is 16.7 Å². The Bertz CT molecular complexity index is 723. The first-order valence-corrected chi connectivity index (χ1v) is 6.17. The highest BCUT2D eigenvalue weighted by molar-refractivity contribution is 6.32. The molecular formula is C14H7Cl2NO3. The Morgan fingerprint density at radius 1 is 1.15 bits per heavy atom. The van der Waals surface area contributed by atoms with E-state index in [1.165, 1.54) is 36.4 Å². The predicted molar refractivity (Wildman–Crippen MR) is 74.7 cm³/mol. The van der Waals surface area contributed by atoms with Gasteiger partial charge in [0.15, 0.2) is 0 Å². The Morgan fingerprint density at radius 3 is 2.50 bits per heavy atom. The molecule has 0 saturated carbocycles. The maximum absolute atomic E-state index is 11.1. The Morgan fingerprint density at radius 2 is 1.90 bits per heavy atom. The van der Waals surface area contributed by atoms with Crippen LogP contribution in [0.4, 0.5) is 0 Å². The number of ether oxygens (including phenoxy) is 1. The lowest BCUT2D eigenvalue weighted by Crippen LogP contribution is -2.00. The molecule has 0 aliphatic heterocycles. The van der Waals surface area contributed by atoms with Gasteiger partial charge in [0.25, 0.3) is 0 Å². The van der Waals surface area contributed by atoms with Crippen LogP contribution in [0.5, 0.6) is 11.5 Å². The number of carboxylic acids is 1. The van der Waals surface area contributed by atoms with E-state index >= 15 is 0 Å². The van der Waals surface area contributed by atoms with Crippen LogP contribution in [0.2, 0.25) is 10.0 Å². The average molecular weight is 308 g/mol. The summed E-state index contributed by atoms with van der Waals surface area (Å²) < 4.78 is 5.48. The summed E-state index contributed by atoms with van der Waals surface area (Å²) in [6.07, 6.45) is 0. The van der Waals surface area contributed by atoms with Crippen LogP contribution in [0.15, 0.2) is 36.4 Å². The van der Waals surface area contributed by atoms with E-state index in [-0.39, 0.29) is 22.1 Å². The topological polar surface area (TPSA) is 70.3 Å². The molecule has 4 nitrogen and oxygen atoms in total. The molecule has 1 N–H and O–H groups in total. The van der Waals surface area contributed by atoms with Crippen molar-refractivity contribution >= 4 is 29.2 Å². The maximum Gasteiger partial charge on any atom is 0.339 e. The zero-order valence-corrected chi connectivity index (χ0v) is 11.4. The normalized spacial score (nSPS) is 9.85. The molecule has 0 aliphatic rings. The number of aromatic carboxylic acids is 1. The highest BCUT2D eigenvalue weighted by Gasteiger charge is 2.14. The van der Waals surface area contributed by atoms with Gasteiger partial charge in [0.1, 0.15) is 17.1 Å². The number of benzene rings is 2. The first kappa shape index (κ1) is 14.2. The van der Waals surface area contributed by atoms with E-state index in [2.05, 4.69) is 0 Å². The highest BCUT2D eigenvalue weighted by atomic mass is 35.5. The minimum absolute atomic E-state index is 0.0326. The van der Waals surface area contributed by atoms with Crippen molar-refractivity contribution in [1.82, 2.24) is 0 Å². The number of carboxylic acid groups (broad SMARTS) is 1. The van der Waals surface area contributed by atoms with Crippen molar-refractivity contribution in [2.75, 3.05) is 0 Å². The van der Waals surface area contributed by atoms with Gasteiger partial charge in [-0.1, -0.05) is 23.2 Å². The second-order valence-electron chi connectivity index (χ2n) is 3.80. The van der Waals surface area contributed by atoms with Crippen molar-refractivity contribution < 1.29 is 14.6 Å².